The highest BCUT2D eigenvalue weighted by molar-refractivity contribution is 6.66. The average Bonchev–Trinajstić information content (AvgIpc) is 2.41. The summed E-state index contributed by atoms with van der Waals surface area (Å²) in [5.41, 5.74) is 3.69. The van der Waals surface area contributed by atoms with Gasteiger partial charge in [0.15, 0.2) is 0 Å². The molecular formula is C9H7Cl5N2. The van der Waals surface area contributed by atoms with Crippen molar-refractivity contribution in [3.8, 4) is 0 Å². The van der Waals surface area contributed by atoms with E-state index in [9.17, 15) is 0 Å². The van der Waals surface area contributed by atoms with Gasteiger partial charge in [0.2, 0.25) is 0 Å². The lowest BCUT2D eigenvalue weighted by molar-refractivity contribution is 0.881. The number of allylic oxidation sites excluding steroid dienone is 6. The summed E-state index contributed by atoms with van der Waals surface area (Å²) in [7, 11) is 0. The van der Waals surface area contributed by atoms with Gasteiger partial charge >= 0.3 is 0 Å². The van der Waals surface area contributed by atoms with Gasteiger partial charge in [0.25, 0.3) is 0 Å². The molecule has 1 aliphatic carbocycles. The lowest BCUT2D eigenvalue weighted by atomic mass is 10.4. The molecule has 1 N–H and O–H groups in total. The molecule has 0 aliphatic heterocycles. The minimum atomic E-state index is 0.193. The van der Waals surface area contributed by atoms with Gasteiger partial charge in [0.1, 0.15) is 5.71 Å². The van der Waals surface area contributed by atoms with Crippen LogP contribution in [0.15, 0.2) is 36.0 Å². The Morgan fingerprint density at radius 3 is 1.75 bits per heavy atom. The van der Waals surface area contributed by atoms with Crippen molar-refractivity contribution >= 4 is 63.7 Å². The number of hydrogen-bond acceptors (Lipinski definition) is 2. The Balaban J connectivity index is 3.01. The Hall–Kier alpha value is 0.140. The molecule has 0 spiro atoms. The number of rotatable bonds is 2. The van der Waals surface area contributed by atoms with E-state index in [1.165, 1.54) is 0 Å². The summed E-state index contributed by atoms with van der Waals surface area (Å²) in [5, 5.41) is 5.38. The zero-order chi connectivity index (χ0) is 12.5. The standard InChI is InChI=1S/C9H7Cl5N2/c1-3(10)4(2)15-16-9-7(13)5(11)6(12)8(9)14/h15H,1-2H3/b4-3-. The Kier molecular flexibility index (Phi) is 5.02. The van der Waals surface area contributed by atoms with E-state index in [1.807, 2.05) is 0 Å². The van der Waals surface area contributed by atoms with Crippen molar-refractivity contribution in [2.45, 2.75) is 13.8 Å². The Morgan fingerprint density at radius 2 is 1.38 bits per heavy atom. The zero-order valence-corrected chi connectivity index (χ0v) is 12.1. The van der Waals surface area contributed by atoms with Gasteiger partial charge in [-0.25, -0.2) is 0 Å². The van der Waals surface area contributed by atoms with Crippen LogP contribution >= 0.6 is 58.0 Å². The molecule has 0 heterocycles. The van der Waals surface area contributed by atoms with E-state index in [4.69, 9.17) is 58.0 Å². The third kappa shape index (κ3) is 2.88. The third-order valence-electron chi connectivity index (χ3n) is 1.85. The van der Waals surface area contributed by atoms with Gasteiger partial charge in [-0.2, -0.15) is 5.10 Å². The molecule has 0 amide bonds. The highest BCUT2D eigenvalue weighted by Crippen LogP contribution is 2.39. The van der Waals surface area contributed by atoms with Crippen molar-refractivity contribution < 1.29 is 0 Å². The first kappa shape index (κ1) is 14.2. The molecule has 0 saturated heterocycles. The van der Waals surface area contributed by atoms with Crippen molar-refractivity contribution in [1.29, 1.82) is 0 Å². The first-order valence-corrected chi connectivity index (χ1v) is 6.03. The van der Waals surface area contributed by atoms with Crippen molar-refractivity contribution in [1.82, 2.24) is 5.43 Å². The molecule has 2 nitrogen and oxygen atoms in total. The molecular weight excluding hydrogens is 313 g/mol. The molecule has 1 aliphatic rings. The summed E-state index contributed by atoms with van der Waals surface area (Å²) in [6.07, 6.45) is 0. The molecule has 0 aromatic rings. The van der Waals surface area contributed by atoms with Crippen LogP contribution in [-0.4, -0.2) is 5.71 Å². The van der Waals surface area contributed by atoms with Crippen LogP contribution < -0.4 is 5.43 Å². The maximum absolute atomic E-state index is 5.90. The van der Waals surface area contributed by atoms with E-state index in [0.717, 1.165) is 0 Å². The molecule has 88 valence electrons. The van der Waals surface area contributed by atoms with Crippen LogP contribution in [0.1, 0.15) is 13.8 Å². The fourth-order valence-electron chi connectivity index (χ4n) is 0.812. The van der Waals surface area contributed by atoms with Crippen molar-refractivity contribution in [3.05, 3.63) is 30.9 Å². The molecule has 0 atom stereocenters. The first-order valence-electron chi connectivity index (χ1n) is 4.14. The largest absolute Gasteiger partial charge is 0.281 e. The lowest BCUT2D eigenvalue weighted by Crippen LogP contribution is -2.08. The minimum absolute atomic E-state index is 0.193. The summed E-state index contributed by atoms with van der Waals surface area (Å²) >= 11 is 29.2. The summed E-state index contributed by atoms with van der Waals surface area (Å²) in [6, 6.07) is 0. The quantitative estimate of drug-likeness (QED) is 0.725. The average molecular weight is 320 g/mol. The van der Waals surface area contributed by atoms with Gasteiger partial charge in [-0.1, -0.05) is 58.0 Å². The second-order valence-corrected chi connectivity index (χ2v) is 5.07. The SMILES string of the molecule is C/C(Cl)=C(\C)NN=C1C(Cl)=C(Cl)C(Cl)=C1Cl. The molecule has 0 radical (unpaired) electrons. The highest BCUT2D eigenvalue weighted by Gasteiger charge is 2.26. The topological polar surface area (TPSA) is 24.4 Å². The molecule has 7 heteroatoms. The highest BCUT2D eigenvalue weighted by atomic mass is 35.5. The molecule has 0 unspecified atom stereocenters. The Bertz CT molecular complexity index is 415. The normalized spacial score (nSPS) is 18.1. The number of halogens is 5. The van der Waals surface area contributed by atoms with Crippen LogP contribution in [0.5, 0.6) is 0 Å². The van der Waals surface area contributed by atoms with Crippen LogP contribution in [0.3, 0.4) is 0 Å². The minimum Gasteiger partial charge on any atom is -0.281 e. The second kappa shape index (κ2) is 5.65. The van der Waals surface area contributed by atoms with Crippen LogP contribution in [0.25, 0.3) is 0 Å². The maximum atomic E-state index is 5.90. The number of nitrogens with zero attached hydrogens (tertiary/aromatic N) is 1. The van der Waals surface area contributed by atoms with Gasteiger partial charge in [0.05, 0.1) is 20.1 Å². The predicted molar refractivity (Wildman–Crippen MR) is 72.3 cm³/mol. The van der Waals surface area contributed by atoms with Crippen LogP contribution in [0.4, 0.5) is 0 Å². The smallest absolute Gasteiger partial charge is 0.124 e. The number of hydrazone groups is 1. The lowest BCUT2D eigenvalue weighted by Gasteiger charge is -2.03. The molecule has 0 bridgehead atoms. The predicted octanol–water partition coefficient (Wildman–Crippen LogP) is 4.81. The molecule has 0 aromatic heterocycles. The van der Waals surface area contributed by atoms with E-state index < -0.39 is 0 Å². The third-order valence-corrected chi connectivity index (χ3v) is 3.91. The van der Waals surface area contributed by atoms with E-state index in [0.29, 0.717) is 16.4 Å². The van der Waals surface area contributed by atoms with Gasteiger partial charge in [-0.3, -0.25) is 5.43 Å². The van der Waals surface area contributed by atoms with Crippen LogP contribution in [0.2, 0.25) is 0 Å². The van der Waals surface area contributed by atoms with Crippen molar-refractivity contribution in [3.63, 3.8) is 0 Å². The molecule has 0 aromatic carbocycles. The summed E-state index contributed by atoms with van der Waals surface area (Å²) in [4.78, 5) is 0. The molecule has 0 fully saturated rings. The van der Waals surface area contributed by atoms with Crippen molar-refractivity contribution in [2.24, 2.45) is 5.10 Å². The summed E-state index contributed by atoms with van der Waals surface area (Å²) < 4.78 is 0. The maximum Gasteiger partial charge on any atom is 0.124 e. The molecule has 1 rings (SSSR count). The summed E-state index contributed by atoms with van der Waals surface area (Å²) in [5.74, 6) is 0. The van der Waals surface area contributed by atoms with E-state index in [-0.39, 0.29) is 20.1 Å². The fourth-order valence-corrected chi connectivity index (χ4v) is 1.83. The van der Waals surface area contributed by atoms with Gasteiger partial charge in [-0.05, 0) is 13.8 Å². The summed E-state index contributed by atoms with van der Waals surface area (Å²) in [6.45, 7) is 3.49. The van der Waals surface area contributed by atoms with E-state index >= 15 is 0 Å². The van der Waals surface area contributed by atoms with Gasteiger partial charge < -0.3 is 0 Å². The monoisotopic (exact) mass is 318 g/mol. The molecule has 16 heavy (non-hydrogen) atoms. The van der Waals surface area contributed by atoms with Crippen molar-refractivity contribution in [2.75, 3.05) is 0 Å². The van der Waals surface area contributed by atoms with E-state index in [1.54, 1.807) is 13.8 Å². The van der Waals surface area contributed by atoms with Gasteiger partial charge in [-0.15, -0.1) is 0 Å². The van der Waals surface area contributed by atoms with Crippen LogP contribution in [-0.2, 0) is 0 Å². The molecule has 0 saturated carbocycles. The number of hydrogen-bond donors (Lipinski definition) is 1. The Morgan fingerprint density at radius 1 is 0.938 bits per heavy atom. The zero-order valence-electron chi connectivity index (χ0n) is 8.34. The van der Waals surface area contributed by atoms with Crippen LogP contribution in [0, 0.1) is 0 Å². The Labute approximate surface area is 119 Å². The van der Waals surface area contributed by atoms with Gasteiger partial charge in [0, 0.05) is 10.7 Å². The second-order valence-electron chi connectivity index (χ2n) is 2.99. The van der Waals surface area contributed by atoms with E-state index in [2.05, 4.69) is 10.5 Å². The number of nitrogens with one attached hydrogen (secondary N) is 1. The first-order chi connectivity index (χ1) is 7.36. The fraction of sp³-hybridized carbons (Fsp3) is 0.222.